The van der Waals surface area contributed by atoms with E-state index in [0.29, 0.717) is 0 Å². The number of hydrogen-bond donors (Lipinski definition) is 1. The van der Waals surface area contributed by atoms with E-state index < -0.39 is 0 Å². The topological polar surface area (TPSA) is 42.2 Å². The molecule has 0 aliphatic carbocycles. The summed E-state index contributed by atoms with van der Waals surface area (Å²) in [7, 11) is 2.11. The molecule has 18 heavy (non-hydrogen) atoms. The van der Waals surface area contributed by atoms with Gasteiger partial charge in [-0.15, -0.1) is 11.3 Å². The highest BCUT2D eigenvalue weighted by Crippen LogP contribution is 2.21. The fourth-order valence-corrected chi connectivity index (χ4v) is 2.89. The van der Waals surface area contributed by atoms with Crippen molar-refractivity contribution in [2.75, 3.05) is 12.8 Å². The third-order valence-electron chi connectivity index (χ3n) is 2.77. The predicted molar refractivity (Wildman–Crippen MR) is 80.6 cm³/mol. The van der Waals surface area contributed by atoms with E-state index in [1.165, 1.54) is 10.4 Å². The van der Waals surface area contributed by atoms with E-state index in [0.717, 1.165) is 28.9 Å². The largest absolute Gasteiger partial charge is 0.398 e. The number of nitrogens with two attached hydrogens (primary N) is 1. The van der Waals surface area contributed by atoms with Gasteiger partial charge in [-0.3, -0.25) is 4.90 Å². The fraction of sp³-hybridized carbons (Fsp3) is 0.308. The first kappa shape index (κ1) is 13.5. The Balaban J connectivity index is 2.01. The van der Waals surface area contributed by atoms with Crippen molar-refractivity contribution in [1.29, 1.82) is 0 Å². The number of thiazole rings is 1. The molecule has 1 aromatic heterocycles. The van der Waals surface area contributed by atoms with Crippen molar-refractivity contribution in [3.63, 3.8) is 0 Å². The number of anilines is 1. The number of benzene rings is 1. The Bertz CT molecular complexity index is 539. The van der Waals surface area contributed by atoms with Crippen LogP contribution in [0.25, 0.3) is 0 Å². The summed E-state index contributed by atoms with van der Waals surface area (Å²) in [5.74, 6) is 0. The van der Waals surface area contributed by atoms with Crippen molar-refractivity contribution in [2.45, 2.75) is 20.0 Å². The highest BCUT2D eigenvalue weighted by Gasteiger charge is 2.07. The maximum Gasteiger partial charge on any atom is 0.0798 e. The molecule has 2 rings (SSSR count). The molecule has 0 amide bonds. The third-order valence-corrected chi connectivity index (χ3v) is 4.41. The van der Waals surface area contributed by atoms with Gasteiger partial charge in [0.1, 0.15) is 0 Å². The molecule has 0 aliphatic rings. The smallest absolute Gasteiger partial charge is 0.0798 e. The molecule has 0 atom stereocenters. The van der Waals surface area contributed by atoms with Gasteiger partial charge < -0.3 is 5.73 Å². The van der Waals surface area contributed by atoms with Gasteiger partial charge in [-0.1, -0.05) is 6.07 Å². The molecule has 0 aliphatic heterocycles. The lowest BCUT2D eigenvalue weighted by atomic mass is 10.2. The summed E-state index contributed by atoms with van der Waals surface area (Å²) < 4.78 is 0.951. The van der Waals surface area contributed by atoms with E-state index in [1.54, 1.807) is 11.3 Å². The Labute approximate surface area is 120 Å². The number of nitrogens with zero attached hydrogens (tertiary/aromatic N) is 2. The normalized spacial score (nSPS) is 11.1. The zero-order valence-electron chi connectivity index (χ0n) is 10.5. The van der Waals surface area contributed by atoms with Gasteiger partial charge in [0.2, 0.25) is 0 Å². The average Bonchev–Trinajstić information content (AvgIpc) is 2.70. The Morgan fingerprint density at radius 1 is 1.39 bits per heavy atom. The Morgan fingerprint density at radius 2 is 2.17 bits per heavy atom. The van der Waals surface area contributed by atoms with Gasteiger partial charge >= 0.3 is 0 Å². The first-order chi connectivity index (χ1) is 8.56. The second kappa shape index (κ2) is 5.82. The molecule has 1 heterocycles. The van der Waals surface area contributed by atoms with Gasteiger partial charge in [0.05, 0.1) is 11.2 Å². The van der Waals surface area contributed by atoms with Gasteiger partial charge in [0.15, 0.2) is 0 Å². The van der Waals surface area contributed by atoms with Crippen LogP contribution in [0.4, 0.5) is 5.69 Å². The van der Waals surface area contributed by atoms with Gasteiger partial charge in [-0.2, -0.15) is 0 Å². The van der Waals surface area contributed by atoms with Crippen LogP contribution in [-0.4, -0.2) is 16.9 Å². The van der Waals surface area contributed by atoms with Crippen molar-refractivity contribution in [2.24, 2.45) is 0 Å². The monoisotopic (exact) mass is 325 g/mol. The molecular formula is C13H16BrN3S. The molecule has 0 radical (unpaired) electrons. The summed E-state index contributed by atoms with van der Waals surface area (Å²) in [5, 5.41) is 0. The number of nitrogen functional groups attached to an aromatic ring is 1. The van der Waals surface area contributed by atoms with Crippen LogP contribution in [0.3, 0.4) is 0 Å². The molecular weight excluding hydrogens is 310 g/mol. The summed E-state index contributed by atoms with van der Waals surface area (Å²) in [6.45, 7) is 3.86. The molecule has 2 N–H and O–H groups in total. The summed E-state index contributed by atoms with van der Waals surface area (Å²) in [4.78, 5) is 7.86. The highest BCUT2D eigenvalue weighted by molar-refractivity contribution is 9.10. The molecule has 2 aromatic rings. The summed E-state index contributed by atoms with van der Waals surface area (Å²) in [6, 6.07) is 6.10. The van der Waals surface area contributed by atoms with Crippen molar-refractivity contribution in [3.05, 3.63) is 44.3 Å². The Morgan fingerprint density at radius 3 is 2.78 bits per heavy atom. The second-order valence-corrected chi connectivity index (χ2v) is 6.18. The van der Waals surface area contributed by atoms with Crippen LogP contribution < -0.4 is 5.73 Å². The first-order valence-electron chi connectivity index (χ1n) is 5.67. The minimum Gasteiger partial charge on any atom is -0.398 e. The molecule has 0 saturated heterocycles. The van der Waals surface area contributed by atoms with Gasteiger partial charge in [-0.25, -0.2) is 4.98 Å². The van der Waals surface area contributed by atoms with Crippen LogP contribution in [0.15, 0.2) is 28.2 Å². The summed E-state index contributed by atoms with van der Waals surface area (Å²) in [5.41, 5.74) is 10.9. The standard InChI is InChI=1S/C13H16BrN3S/c1-9-13(18-8-16-9)7-17(2)6-10-3-4-11(14)12(15)5-10/h3-5,8H,6-7,15H2,1-2H3. The third kappa shape index (κ3) is 3.31. The number of halogens is 1. The molecule has 96 valence electrons. The van der Waals surface area contributed by atoms with Crippen LogP contribution in [0, 0.1) is 6.92 Å². The van der Waals surface area contributed by atoms with Gasteiger partial charge in [-0.05, 0) is 47.6 Å². The predicted octanol–water partition coefficient (Wildman–Crippen LogP) is 3.43. The Kier molecular flexibility index (Phi) is 4.37. The molecule has 0 bridgehead atoms. The van der Waals surface area contributed by atoms with Crippen LogP contribution in [0.1, 0.15) is 16.1 Å². The zero-order valence-corrected chi connectivity index (χ0v) is 12.9. The van der Waals surface area contributed by atoms with E-state index >= 15 is 0 Å². The number of aryl methyl sites for hydroxylation is 1. The lowest BCUT2D eigenvalue weighted by molar-refractivity contribution is 0.321. The summed E-state index contributed by atoms with van der Waals surface area (Å²) >= 11 is 5.12. The van der Waals surface area contributed by atoms with Crippen LogP contribution in [-0.2, 0) is 13.1 Å². The molecule has 5 heteroatoms. The van der Waals surface area contributed by atoms with E-state index in [1.807, 2.05) is 17.6 Å². The SMILES string of the molecule is Cc1ncsc1CN(C)Cc1ccc(Br)c(N)c1. The number of aromatic nitrogens is 1. The Hall–Kier alpha value is -0.910. The highest BCUT2D eigenvalue weighted by atomic mass is 79.9. The molecule has 0 spiro atoms. The molecule has 0 saturated carbocycles. The lowest BCUT2D eigenvalue weighted by Gasteiger charge is -2.16. The molecule has 1 aromatic carbocycles. The van der Waals surface area contributed by atoms with Crippen LogP contribution >= 0.6 is 27.3 Å². The van der Waals surface area contributed by atoms with E-state index in [9.17, 15) is 0 Å². The molecule has 3 nitrogen and oxygen atoms in total. The first-order valence-corrected chi connectivity index (χ1v) is 7.35. The second-order valence-electron chi connectivity index (χ2n) is 4.39. The molecule has 0 fully saturated rings. The van der Waals surface area contributed by atoms with Crippen molar-refractivity contribution < 1.29 is 0 Å². The lowest BCUT2D eigenvalue weighted by Crippen LogP contribution is -2.17. The van der Waals surface area contributed by atoms with E-state index in [2.05, 4.69) is 45.9 Å². The zero-order chi connectivity index (χ0) is 13.1. The fourth-order valence-electron chi connectivity index (χ4n) is 1.78. The van der Waals surface area contributed by atoms with Crippen molar-refractivity contribution in [3.8, 4) is 0 Å². The van der Waals surface area contributed by atoms with E-state index in [-0.39, 0.29) is 0 Å². The van der Waals surface area contributed by atoms with Crippen LogP contribution in [0.2, 0.25) is 0 Å². The minimum atomic E-state index is 0.787. The maximum atomic E-state index is 5.88. The van der Waals surface area contributed by atoms with Gasteiger partial charge in [0, 0.05) is 28.1 Å². The maximum absolute atomic E-state index is 5.88. The van der Waals surface area contributed by atoms with Crippen molar-refractivity contribution >= 4 is 33.0 Å². The van der Waals surface area contributed by atoms with Gasteiger partial charge in [0.25, 0.3) is 0 Å². The number of rotatable bonds is 4. The molecule has 0 unspecified atom stereocenters. The van der Waals surface area contributed by atoms with Crippen LogP contribution in [0.5, 0.6) is 0 Å². The average molecular weight is 326 g/mol. The number of hydrogen-bond acceptors (Lipinski definition) is 4. The minimum absolute atomic E-state index is 0.787. The van der Waals surface area contributed by atoms with Crippen molar-refractivity contribution in [1.82, 2.24) is 9.88 Å². The quantitative estimate of drug-likeness (QED) is 0.876. The van der Waals surface area contributed by atoms with E-state index in [4.69, 9.17) is 5.73 Å². The summed E-state index contributed by atoms with van der Waals surface area (Å²) in [6.07, 6.45) is 0.